The Labute approximate surface area is 160 Å². The van der Waals surface area contributed by atoms with Crippen LogP contribution in [0.1, 0.15) is 5.56 Å². The van der Waals surface area contributed by atoms with E-state index in [1.807, 2.05) is 0 Å². The molecule has 6 nitrogen and oxygen atoms in total. The van der Waals surface area contributed by atoms with Gasteiger partial charge in [-0.3, -0.25) is 10.1 Å². The molecule has 0 spiro atoms. The standard InChI is InChI=1S/C16H12F6N2O4S/c1-9-2-4-10(5-3-9)23-12-7-6-11(8-13(12)24(25)26)29(27,28)16(21,22)14(17)15(18,19)20/h2-8,14,23H,1H3/t14-/m1/s1. The second-order valence-corrected chi connectivity index (χ2v) is 7.92. The molecule has 13 heteroatoms. The summed E-state index contributed by atoms with van der Waals surface area (Å²) in [6.07, 6.45) is -11.2. The molecule has 0 unspecified atom stereocenters. The minimum atomic E-state index is -6.23. The number of sulfone groups is 1. The topological polar surface area (TPSA) is 89.3 Å². The lowest BCUT2D eigenvalue weighted by Gasteiger charge is -2.22. The van der Waals surface area contributed by atoms with E-state index in [1.165, 1.54) is 12.1 Å². The fourth-order valence-corrected chi connectivity index (χ4v) is 3.45. The Kier molecular flexibility index (Phi) is 5.84. The number of halogens is 6. The molecule has 2 rings (SSSR count). The first-order valence-electron chi connectivity index (χ1n) is 7.63. The summed E-state index contributed by atoms with van der Waals surface area (Å²) < 4.78 is 101. The highest BCUT2D eigenvalue weighted by Crippen LogP contribution is 2.42. The van der Waals surface area contributed by atoms with Crippen molar-refractivity contribution < 1.29 is 39.7 Å². The Balaban J connectivity index is 2.51. The van der Waals surface area contributed by atoms with Crippen molar-refractivity contribution in [2.24, 2.45) is 0 Å². The number of benzene rings is 2. The van der Waals surface area contributed by atoms with Crippen molar-refractivity contribution in [1.82, 2.24) is 0 Å². The molecule has 29 heavy (non-hydrogen) atoms. The van der Waals surface area contributed by atoms with E-state index in [0.29, 0.717) is 11.8 Å². The van der Waals surface area contributed by atoms with Crippen LogP contribution in [0.4, 0.5) is 43.4 Å². The number of nitro benzene ring substituents is 1. The van der Waals surface area contributed by atoms with Crippen molar-refractivity contribution in [3.05, 3.63) is 58.1 Å². The zero-order valence-electron chi connectivity index (χ0n) is 14.4. The molecule has 2 aromatic carbocycles. The normalized spacial score (nSPS) is 13.8. The molecule has 0 heterocycles. The van der Waals surface area contributed by atoms with E-state index >= 15 is 0 Å². The Morgan fingerprint density at radius 1 is 1.03 bits per heavy atom. The van der Waals surface area contributed by atoms with E-state index < -0.39 is 42.9 Å². The lowest BCUT2D eigenvalue weighted by Crippen LogP contribution is -2.47. The molecule has 0 aliphatic carbocycles. The molecule has 158 valence electrons. The highest BCUT2D eigenvalue weighted by molar-refractivity contribution is 7.92. The average molecular weight is 442 g/mol. The highest BCUT2D eigenvalue weighted by Gasteiger charge is 2.64. The molecule has 1 N–H and O–H groups in total. The zero-order chi connectivity index (χ0) is 22.2. The molecule has 0 saturated heterocycles. The second-order valence-electron chi connectivity index (χ2n) is 5.90. The highest BCUT2D eigenvalue weighted by atomic mass is 32.2. The Morgan fingerprint density at radius 2 is 1.59 bits per heavy atom. The SMILES string of the molecule is Cc1ccc(Nc2ccc(S(=O)(=O)C(F)(F)[C@H](F)C(F)(F)F)cc2[N+](=O)[O-])cc1. The van der Waals surface area contributed by atoms with Crippen LogP contribution in [0, 0.1) is 17.0 Å². The lowest BCUT2D eigenvalue weighted by molar-refractivity contribution is -0.384. The van der Waals surface area contributed by atoms with Crippen LogP contribution in [0.25, 0.3) is 0 Å². The monoisotopic (exact) mass is 442 g/mol. The number of hydrogen-bond acceptors (Lipinski definition) is 5. The largest absolute Gasteiger partial charge is 0.426 e. The van der Waals surface area contributed by atoms with Gasteiger partial charge in [-0.1, -0.05) is 17.7 Å². The summed E-state index contributed by atoms with van der Waals surface area (Å²) in [6.45, 7) is 1.77. The van der Waals surface area contributed by atoms with Crippen molar-refractivity contribution in [2.75, 3.05) is 5.32 Å². The maximum atomic E-state index is 13.7. The second kappa shape index (κ2) is 7.54. The van der Waals surface area contributed by atoms with Crippen molar-refractivity contribution >= 4 is 26.9 Å². The number of nitrogens with one attached hydrogen (secondary N) is 1. The Bertz CT molecular complexity index is 1020. The third-order valence-electron chi connectivity index (χ3n) is 3.75. The maximum Gasteiger partial charge on any atom is 0.426 e. The molecular weight excluding hydrogens is 430 g/mol. The van der Waals surface area contributed by atoms with Crippen molar-refractivity contribution in [1.29, 1.82) is 0 Å². The first kappa shape index (κ1) is 22.5. The van der Waals surface area contributed by atoms with Crippen molar-refractivity contribution in [3.63, 3.8) is 0 Å². The molecule has 1 atom stereocenters. The first-order valence-corrected chi connectivity index (χ1v) is 9.11. The third-order valence-corrected chi connectivity index (χ3v) is 5.55. The number of aryl methyl sites for hydroxylation is 1. The summed E-state index contributed by atoms with van der Waals surface area (Å²) in [6, 6.07) is 7.63. The predicted octanol–water partition coefficient (Wildman–Crippen LogP) is 4.91. The molecule has 0 aromatic heterocycles. The number of alkyl halides is 6. The van der Waals surface area contributed by atoms with E-state index in [1.54, 1.807) is 19.1 Å². The molecule has 0 aliphatic heterocycles. The molecule has 0 bridgehead atoms. The smallest absolute Gasteiger partial charge is 0.350 e. The van der Waals surface area contributed by atoms with E-state index in [4.69, 9.17) is 0 Å². The van der Waals surface area contributed by atoms with Gasteiger partial charge in [0, 0.05) is 11.8 Å². The summed E-state index contributed by atoms with van der Waals surface area (Å²) in [5.41, 5.74) is -0.127. The summed E-state index contributed by atoms with van der Waals surface area (Å²) in [7, 11) is -6.23. The fourth-order valence-electron chi connectivity index (χ4n) is 2.21. The zero-order valence-corrected chi connectivity index (χ0v) is 15.2. The van der Waals surface area contributed by atoms with E-state index in [9.17, 15) is 44.9 Å². The van der Waals surface area contributed by atoms with E-state index in [2.05, 4.69) is 5.32 Å². The van der Waals surface area contributed by atoms with Gasteiger partial charge < -0.3 is 5.32 Å². The van der Waals surface area contributed by atoms with Gasteiger partial charge in [-0.2, -0.15) is 22.0 Å². The number of anilines is 2. The molecule has 2 aromatic rings. The third kappa shape index (κ3) is 4.44. The van der Waals surface area contributed by atoms with Crippen LogP contribution in [-0.4, -0.2) is 30.9 Å². The van der Waals surface area contributed by atoms with Gasteiger partial charge in [-0.05, 0) is 31.2 Å². The predicted molar refractivity (Wildman–Crippen MR) is 90.6 cm³/mol. The van der Waals surface area contributed by atoms with E-state index in [-0.39, 0.29) is 11.8 Å². The van der Waals surface area contributed by atoms with Gasteiger partial charge in [0.25, 0.3) is 11.9 Å². The lowest BCUT2D eigenvalue weighted by atomic mass is 10.2. The molecule has 0 aliphatic rings. The van der Waals surface area contributed by atoms with Crippen molar-refractivity contribution in [3.8, 4) is 0 Å². The van der Waals surface area contributed by atoms with Gasteiger partial charge in [-0.15, -0.1) is 0 Å². The quantitative estimate of drug-likeness (QED) is 0.390. The number of nitro groups is 1. The minimum Gasteiger partial charge on any atom is -0.350 e. The summed E-state index contributed by atoms with van der Waals surface area (Å²) in [5.74, 6) is 0. The average Bonchev–Trinajstić information content (AvgIpc) is 2.62. The molecule has 0 radical (unpaired) electrons. The number of nitrogens with zero attached hydrogens (tertiary/aromatic N) is 1. The van der Waals surface area contributed by atoms with Gasteiger partial charge in [0.15, 0.2) is 0 Å². The molecule has 0 fully saturated rings. The Hall–Kier alpha value is -2.83. The van der Waals surface area contributed by atoms with E-state index in [0.717, 1.165) is 11.6 Å². The number of rotatable bonds is 6. The van der Waals surface area contributed by atoms with Crippen LogP contribution in [0.3, 0.4) is 0 Å². The Morgan fingerprint density at radius 3 is 2.07 bits per heavy atom. The van der Waals surface area contributed by atoms with Crippen LogP contribution in [-0.2, 0) is 9.84 Å². The van der Waals surface area contributed by atoms with Crippen LogP contribution in [0.2, 0.25) is 0 Å². The fraction of sp³-hybridized carbons (Fsp3) is 0.250. The first-order chi connectivity index (χ1) is 13.2. The molecule has 0 saturated carbocycles. The summed E-state index contributed by atoms with van der Waals surface area (Å²) in [4.78, 5) is 8.56. The summed E-state index contributed by atoms with van der Waals surface area (Å²) in [5, 5.41) is 7.90. The molecule has 0 amide bonds. The maximum absolute atomic E-state index is 13.7. The van der Waals surface area contributed by atoms with Gasteiger partial charge in [0.2, 0.25) is 9.84 Å². The molecular formula is C16H12F6N2O4S. The van der Waals surface area contributed by atoms with Gasteiger partial charge in [0.05, 0.1) is 9.82 Å². The van der Waals surface area contributed by atoms with Crippen LogP contribution < -0.4 is 5.32 Å². The minimum absolute atomic E-state index is 0.142. The van der Waals surface area contributed by atoms with Gasteiger partial charge in [-0.25, -0.2) is 12.8 Å². The van der Waals surface area contributed by atoms with Gasteiger partial charge >= 0.3 is 11.4 Å². The van der Waals surface area contributed by atoms with Gasteiger partial charge in [0.1, 0.15) is 5.69 Å². The summed E-state index contributed by atoms with van der Waals surface area (Å²) >= 11 is 0. The van der Waals surface area contributed by atoms with Crippen LogP contribution in [0.5, 0.6) is 0 Å². The van der Waals surface area contributed by atoms with Crippen LogP contribution in [0.15, 0.2) is 47.4 Å². The van der Waals surface area contributed by atoms with Crippen LogP contribution >= 0.6 is 0 Å². The van der Waals surface area contributed by atoms with Crippen molar-refractivity contribution in [2.45, 2.75) is 29.4 Å². The number of hydrogen-bond donors (Lipinski definition) is 1.